The van der Waals surface area contributed by atoms with E-state index in [0.29, 0.717) is 28.9 Å². The molecular formula is C22H21F2N3O3S. The minimum atomic E-state index is -0.849. The second kappa shape index (κ2) is 10.2. The van der Waals surface area contributed by atoms with E-state index in [9.17, 15) is 18.4 Å². The number of halogens is 2. The van der Waals surface area contributed by atoms with E-state index in [1.165, 1.54) is 24.9 Å². The Hall–Kier alpha value is -3.20. The normalized spacial score (nSPS) is 13.7. The molecule has 0 unspecified atom stereocenters. The summed E-state index contributed by atoms with van der Waals surface area (Å²) in [5, 5.41) is 5.59. The van der Waals surface area contributed by atoms with Crippen molar-refractivity contribution in [1.29, 1.82) is 0 Å². The average molecular weight is 445 g/mol. The number of ether oxygens (including phenoxy) is 1. The zero-order chi connectivity index (χ0) is 22.4. The molecule has 1 aliphatic rings. The van der Waals surface area contributed by atoms with Crippen molar-refractivity contribution in [3.05, 3.63) is 65.9 Å². The van der Waals surface area contributed by atoms with Crippen LogP contribution in [0.3, 0.4) is 0 Å². The number of fused-ring (bicyclic) bond motifs is 1. The lowest BCUT2D eigenvalue weighted by Gasteiger charge is -2.15. The fourth-order valence-corrected chi connectivity index (χ4v) is 3.83. The van der Waals surface area contributed by atoms with Gasteiger partial charge in [0.2, 0.25) is 5.91 Å². The van der Waals surface area contributed by atoms with Crippen molar-refractivity contribution in [2.24, 2.45) is 4.99 Å². The first-order valence-electron chi connectivity index (χ1n) is 9.54. The lowest BCUT2D eigenvalue weighted by molar-refractivity contribution is -0.139. The van der Waals surface area contributed by atoms with Crippen molar-refractivity contribution in [2.45, 2.75) is 25.0 Å². The number of thioether (sulfide) groups is 1. The number of hydrogen-bond donors (Lipinski definition) is 2. The molecule has 0 aliphatic carbocycles. The van der Waals surface area contributed by atoms with E-state index >= 15 is 0 Å². The van der Waals surface area contributed by atoms with E-state index in [1.807, 2.05) is 31.2 Å². The number of esters is 1. The lowest BCUT2D eigenvalue weighted by atomic mass is 10.2. The van der Waals surface area contributed by atoms with Crippen LogP contribution in [-0.4, -0.2) is 29.3 Å². The first-order chi connectivity index (χ1) is 14.9. The number of carbonyl (C=O) groups is 2. The number of rotatable bonds is 6. The molecule has 31 heavy (non-hydrogen) atoms. The van der Waals surface area contributed by atoms with Gasteiger partial charge in [0.25, 0.3) is 0 Å². The molecule has 0 fully saturated rings. The third-order valence-corrected chi connectivity index (χ3v) is 5.69. The van der Waals surface area contributed by atoms with Gasteiger partial charge in [-0.25, -0.2) is 13.8 Å². The Morgan fingerprint density at radius 3 is 2.71 bits per heavy atom. The Kier molecular flexibility index (Phi) is 7.41. The molecule has 6 nitrogen and oxygen atoms in total. The lowest BCUT2D eigenvalue weighted by Crippen LogP contribution is -2.26. The number of methoxy groups -OCH3 is 1. The summed E-state index contributed by atoms with van der Waals surface area (Å²) < 4.78 is 31.8. The monoisotopic (exact) mass is 445 g/mol. The van der Waals surface area contributed by atoms with E-state index in [-0.39, 0.29) is 12.1 Å². The molecule has 1 heterocycles. The van der Waals surface area contributed by atoms with Gasteiger partial charge in [0, 0.05) is 11.8 Å². The molecule has 9 heteroatoms. The molecule has 0 aromatic heterocycles. The van der Waals surface area contributed by atoms with Gasteiger partial charge in [-0.1, -0.05) is 30.8 Å². The maximum absolute atomic E-state index is 13.9. The number of nitrogens with one attached hydrogen (secondary N) is 2. The summed E-state index contributed by atoms with van der Waals surface area (Å²) in [5.74, 6) is -2.43. The summed E-state index contributed by atoms with van der Waals surface area (Å²) in [6.45, 7) is 1.82. The van der Waals surface area contributed by atoms with E-state index in [0.717, 1.165) is 11.8 Å². The van der Waals surface area contributed by atoms with Crippen LogP contribution in [0.1, 0.15) is 19.8 Å². The topological polar surface area (TPSA) is 79.8 Å². The Bertz CT molecular complexity index is 1060. The zero-order valence-electron chi connectivity index (χ0n) is 16.9. The highest BCUT2D eigenvalue weighted by molar-refractivity contribution is 8.15. The average Bonchev–Trinajstić information content (AvgIpc) is 2.92. The Morgan fingerprint density at radius 2 is 2.00 bits per heavy atom. The smallest absolute Gasteiger partial charge is 0.311 e. The number of carbonyl (C=O) groups excluding carboxylic acids is 2. The number of hydrogen-bond acceptors (Lipinski definition) is 6. The molecule has 3 rings (SSSR count). The second-order valence-electron chi connectivity index (χ2n) is 6.64. The summed E-state index contributed by atoms with van der Waals surface area (Å²) in [4.78, 5) is 29.1. The second-order valence-corrected chi connectivity index (χ2v) is 7.87. The van der Waals surface area contributed by atoms with Crippen LogP contribution in [0, 0.1) is 11.6 Å². The van der Waals surface area contributed by atoms with E-state index < -0.39 is 28.8 Å². The van der Waals surface area contributed by atoms with Crippen LogP contribution >= 0.6 is 11.8 Å². The summed E-state index contributed by atoms with van der Waals surface area (Å²) in [7, 11) is 1.31. The standard InChI is InChI=1S/C22H21F2N3O3S/c1-3-19(22(29)27-16-9-8-13(23)10-15(16)24)31-20-11-14(12-21(28)30-2)25-17-6-4-5-7-18(17)26-20/h4-11,19,25H,3,12H2,1-2H3,(H,27,29)/t19-/m1/s1. The molecule has 0 saturated carbocycles. The number of benzene rings is 2. The predicted octanol–water partition coefficient (Wildman–Crippen LogP) is 5.02. The molecule has 162 valence electrons. The van der Waals surface area contributed by atoms with Crippen molar-refractivity contribution in [2.75, 3.05) is 17.7 Å². The highest BCUT2D eigenvalue weighted by atomic mass is 32.2. The van der Waals surface area contributed by atoms with Crippen molar-refractivity contribution in [1.82, 2.24) is 0 Å². The van der Waals surface area contributed by atoms with Gasteiger partial charge < -0.3 is 15.4 Å². The predicted molar refractivity (Wildman–Crippen MR) is 119 cm³/mol. The maximum atomic E-state index is 13.9. The maximum Gasteiger partial charge on any atom is 0.311 e. The molecule has 1 atom stereocenters. The molecule has 0 radical (unpaired) electrons. The van der Waals surface area contributed by atoms with Gasteiger partial charge in [0.1, 0.15) is 11.6 Å². The van der Waals surface area contributed by atoms with E-state index in [2.05, 4.69) is 15.6 Å². The van der Waals surface area contributed by atoms with Crippen molar-refractivity contribution in [3.63, 3.8) is 0 Å². The molecule has 0 spiro atoms. The number of amides is 1. The molecule has 2 aromatic carbocycles. The van der Waals surface area contributed by atoms with Crippen LogP contribution in [0.25, 0.3) is 0 Å². The minimum absolute atomic E-state index is 0.00813. The highest BCUT2D eigenvalue weighted by Crippen LogP contribution is 2.32. The summed E-state index contributed by atoms with van der Waals surface area (Å²) in [6.07, 6.45) is 2.14. The first kappa shape index (κ1) is 22.5. The van der Waals surface area contributed by atoms with E-state index in [4.69, 9.17) is 4.74 Å². The Morgan fingerprint density at radius 1 is 1.23 bits per heavy atom. The van der Waals surface area contributed by atoms with Gasteiger partial charge in [0.15, 0.2) is 0 Å². The molecule has 2 N–H and O–H groups in total. The van der Waals surface area contributed by atoms with Crippen LogP contribution in [-0.2, 0) is 14.3 Å². The van der Waals surface area contributed by atoms with Crippen LogP contribution in [0.2, 0.25) is 0 Å². The van der Waals surface area contributed by atoms with Gasteiger partial charge in [-0.3, -0.25) is 9.59 Å². The number of para-hydroxylation sites is 2. The highest BCUT2D eigenvalue weighted by Gasteiger charge is 2.23. The van der Waals surface area contributed by atoms with Gasteiger partial charge >= 0.3 is 5.97 Å². The van der Waals surface area contributed by atoms with Gasteiger partial charge in [0.05, 0.1) is 40.9 Å². The number of anilines is 2. The van der Waals surface area contributed by atoms with Gasteiger partial charge in [-0.05, 0) is 36.8 Å². The third-order valence-electron chi connectivity index (χ3n) is 4.41. The van der Waals surface area contributed by atoms with Gasteiger partial charge in [-0.15, -0.1) is 0 Å². The fourth-order valence-electron chi connectivity index (χ4n) is 2.84. The summed E-state index contributed by atoms with van der Waals surface area (Å²) >= 11 is 1.19. The molecule has 2 aromatic rings. The Labute approximate surface area is 182 Å². The summed E-state index contributed by atoms with van der Waals surface area (Å²) in [5.41, 5.74) is 1.85. The molecule has 0 saturated heterocycles. The quantitative estimate of drug-likeness (QED) is 0.611. The molecule has 1 amide bonds. The minimum Gasteiger partial charge on any atom is -0.469 e. The number of nitrogens with zero attached hydrogens (tertiary/aromatic N) is 1. The largest absolute Gasteiger partial charge is 0.469 e. The van der Waals surface area contributed by atoms with Crippen LogP contribution in [0.5, 0.6) is 0 Å². The molecule has 1 aliphatic heterocycles. The van der Waals surface area contributed by atoms with Crippen LogP contribution in [0.4, 0.5) is 25.8 Å². The van der Waals surface area contributed by atoms with E-state index in [1.54, 1.807) is 6.08 Å². The fraction of sp³-hybridized carbons (Fsp3) is 0.227. The SMILES string of the molecule is CC[C@@H](SC1=Nc2ccccc2NC(CC(=O)OC)=C1)C(=O)Nc1ccc(F)cc1F. The van der Waals surface area contributed by atoms with Crippen LogP contribution < -0.4 is 10.6 Å². The van der Waals surface area contributed by atoms with Crippen molar-refractivity contribution in [3.8, 4) is 0 Å². The van der Waals surface area contributed by atoms with Crippen molar-refractivity contribution < 1.29 is 23.1 Å². The van der Waals surface area contributed by atoms with Gasteiger partial charge in [-0.2, -0.15) is 0 Å². The number of aliphatic imine (C=N–C) groups is 1. The third kappa shape index (κ3) is 5.91. The molecule has 0 bridgehead atoms. The van der Waals surface area contributed by atoms with Crippen molar-refractivity contribution >= 4 is 45.7 Å². The zero-order valence-corrected chi connectivity index (χ0v) is 17.8. The molecular weight excluding hydrogens is 424 g/mol. The first-order valence-corrected chi connectivity index (χ1v) is 10.4. The van der Waals surface area contributed by atoms with Crippen LogP contribution in [0.15, 0.2) is 59.2 Å². The Balaban J connectivity index is 1.83. The summed E-state index contributed by atoms with van der Waals surface area (Å²) in [6, 6.07) is 10.3.